The van der Waals surface area contributed by atoms with E-state index in [9.17, 15) is 13.5 Å². The zero-order valence-corrected chi connectivity index (χ0v) is 25.5. The second-order valence-corrected chi connectivity index (χ2v) is 15.2. The number of nitrogens with zero attached hydrogens (tertiary/aromatic N) is 1. The Morgan fingerprint density at radius 1 is 0.905 bits per heavy atom. The lowest BCUT2D eigenvalue weighted by molar-refractivity contribution is -0.253. The van der Waals surface area contributed by atoms with Crippen molar-refractivity contribution in [3.63, 3.8) is 0 Å². The van der Waals surface area contributed by atoms with Gasteiger partial charge in [0.2, 0.25) is 0 Å². The number of rotatable bonds is 8. The molecular formula is C34H42N2O5S. The molecule has 0 amide bonds. The number of ether oxygens (including phenoxy) is 2. The van der Waals surface area contributed by atoms with Gasteiger partial charge in [0.25, 0.3) is 10.0 Å². The van der Waals surface area contributed by atoms with Crippen molar-refractivity contribution >= 4 is 15.7 Å². The Balaban J connectivity index is 1.21. The monoisotopic (exact) mass is 590 g/mol. The van der Waals surface area contributed by atoms with Crippen LogP contribution in [0.3, 0.4) is 0 Å². The predicted octanol–water partition coefficient (Wildman–Crippen LogP) is 6.43. The fourth-order valence-electron chi connectivity index (χ4n) is 7.61. The first-order valence-electron chi connectivity index (χ1n) is 14.9. The molecule has 5 atom stereocenters. The Morgan fingerprint density at radius 3 is 2.29 bits per heavy atom. The third-order valence-corrected chi connectivity index (χ3v) is 10.5. The first-order valence-corrected chi connectivity index (χ1v) is 16.4. The molecule has 7 nitrogen and oxygen atoms in total. The van der Waals surface area contributed by atoms with E-state index in [-0.39, 0.29) is 23.7 Å². The molecule has 3 aliphatic rings. The number of anilines is 1. The minimum Gasteiger partial charge on any atom is -0.392 e. The van der Waals surface area contributed by atoms with E-state index in [0.717, 1.165) is 36.2 Å². The van der Waals surface area contributed by atoms with Crippen LogP contribution in [-0.4, -0.2) is 43.7 Å². The molecule has 6 rings (SSSR count). The summed E-state index contributed by atoms with van der Waals surface area (Å²) in [6.45, 7) is 9.20. The topological polar surface area (TPSA) is 88.1 Å². The number of nitrogens with one attached hydrogen (secondary N) is 1. The third kappa shape index (κ3) is 6.43. The van der Waals surface area contributed by atoms with Gasteiger partial charge in [0.1, 0.15) is 0 Å². The first kappa shape index (κ1) is 29.3. The van der Waals surface area contributed by atoms with Crippen LogP contribution in [0.15, 0.2) is 83.8 Å². The van der Waals surface area contributed by atoms with Crippen molar-refractivity contribution in [1.82, 2.24) is 4.90 Å². The molecule has 3 fully saturated rings. The van der Waals surface area contributed by atoms with Crippen molar-refractivity contribution in [2.24, 2.45) is 10.8 Å². The van der Waals surface area contributed by atoms with Gasteiger partial charge in [-0.25, -0.2) is 8.42 Å². The van der Waals surface area contributed by atoms with E-state index >= 15 is 0 Å². The van der Waals surface area contributed by atoms with Crippen molar-refractivity contribution in [2.75, 3.05) is 17.8 Å². The van der Waals surface area contributed by atoms with Crippen LogP contribution in [0.2, 0.25) is 0 Å². The van der Waals surface area contributed by atoms with Gasteiger partial charge in [0.05, 0.1) is 23.7 Å². The molecule has 8 heteroatoms. The number of hydrogen-bond acceptors (Lipinski definition) is 6. The Labute approximate surface area is 249 Å². The van der Waals surface area contributed by atoms with Crippen molar-refractivity contribution in [3.05, 3.63) is 95.6 Å². The van der Waals surface area contributed by atoms with Gasteiger partial charge in [-0.15, -0.1) is 0 Å². The van der Waals surface area contributed by atoms with Crippen LogP contribution in [0, 0.1) is 10.8 Å². The van der Waals surface area contributed by atoms with E-state index < -0.39 is 16.3 Å². The summed E-state index contributed by atoms with van der Waals surface area (Å²) in [7, 11) is -3.68. The van der Waals surface area contributed by atoms with Crippen molar-refractivity contribution in [1.29, 1.82) is 0 Å². The van der Waals surface area contributed by atoms with E-state index in [0.29, 0.717) is 22.6 Å². The first-order chi connectivity index (χ1) is 20.0. The van der Waals surface area contributed by atoms with Gasteiger partial charge in [-0.1, -0.05) is 75.4 Å². The lowest BCUT2D eigenvalue weighted by Crippen LogP contribution is -2.42. The molecule has 1 saturated carbocycles. The second kappa shape index (κ2) is 11.4. The van der Waals surface area contributed by atoms with E-state index in [1.165, 1.54) is 19.3 Å². The molecule has 3 aromatic carbocycles. The average molecular weight is 591 g/mol. The Morgan fingerprint density at radius 2 is 1.60 bits per heavy atom. The lowest BCUT2D eigenvalue weighted by atomic mass is 9.65. The van der Waals surface area contributed by atoms with Gasteiger partial charge in [-0.05, 0) is 65.5 Å². The number of aliphatic hydroxyl groups is 1. The molecule has 0 radical (unpaired) electrons. The maximum absolute atomic E-state index is 12.8. The molecule has 1 aliphatic carbocycles. The maximum atomic E-state index is 12.8. The number of aliphatic hydroxyl groups excluding tert-OH is 1. The third-order valence-electron chi connectivity index (χ3n) is 9.06. The van der Waals surface area contributed by atoms with E-state index in [4.69, 9.17) is 9.47 Å². The van der Waals surface area contributed by atoms with Crippen molar-refractivity contribution < 1.29 is 23.0 Å². The number of sulfonamides is 1. The standard InChI is InChI=1S/C34H42N2O5S/c1-33(2)18-28-19-34(3,22-33)23-36(28)20-29-17-31(25-11-9-24(21-37)10-12-25)41-32(40-29)26-13-15-27(16-14-26)35-42(38,39)30-7-5-4-6-8-30/h4-16,28-29,31-32,35,37H,17-23H2,1-3H3. The van der Waals surface area contributed by atoms with Gasteiger partial charge in [0, 0.05) is 36.8 Å². The van der Waals surface area contributed by atoms with E-state index in [1.54, 1.807) is 42.5 Å². The highest BCUT2D eigenvalue weighted by Crippen LogP contribution is 2.53. The molecule has 3 aromatic rings. The van der Waals surface area contributed by atoms with Gasteiger partial charge >= 0.3 is 0 Å². The number of benzene rings is 3. The quantitative estimate of drug-likeness (QED) is 0.315. The molecule has 5 unspecified atom stereocenters. The van der Waals surface area contributed by atoms with Crippen LogP contribution in [0.4, 0.5) is 5.69 Å². The van der Waals surface area contributed by atoms with Gasteiger partial charge < -0.3 is 14.6 Å². The summed E-state index contributed by atoms with van der Waals surface area (Å²) in [5.74, 6) is 0. The average Bonchev–Trinajstić information content (AvgIpc) is 3.20. The van der Waals surface area contributed by atoms with Crippen LogP contribution >= 0.6 is 0 Å². The van der Waals surface area contributed by atoms with Crippen LogP contribution in [0.25, 0.3) is 0 Å². The molecule has 42 heavy (non-hydrogen) atoms. The van der Waals surface area contributed by atoms with Crippen molar-refractivity contribution in [3.8, 4) is 0 Å². The van der Waals surface area contributed by atoms with Crippen LogP contribution in [0.1, 0.15) is 75.5 Å². The largest absolute Gasteiger partial charge is 0.392 e. The Hall–Kier alpha value is -2.75. The smallest absolute Gasteiger partial charge is 0.261 e. The highest BCUT2D eigenvalue weighted by atomic mass is 32.2. The molecule has 2 saturated heterocycles. The molecule has 0 aromatic heterocycles. The van der Waals surface area contributed by atoms with Gasteiger partial charge in [-0.2, -0.15) is 0 Å². The predicted molar refractivity (Wildman–Crippen MR) is 163 cm³/mol. The fourth-order valence-corrected chi connectivity index (χ4v) is 8.69. The van der Waals surface area contributed by atoms with Crippen molar-refractivity contribution in [2.45, 2.75) is 82.5 Å². The zero-order chi connectivity index (χ0) is 29.5. The zero-order valence-electron chi connectivity index (χ0n) is 24.7. The lowest BCUT2D eigenvalue weighted by Gasteiger charge is -2.41. The molecule has 0 spiro atoms. The Kier molecular flexibility index (Phi) is 7.96. The van der Waals surface area contributed by atoms with E-state index in [2.05, 4.69) is 30.4 Å². The fraction of sp³-hybridized carbons (Fsp3) is 0.471. The summed E-state index contributed by atoms with van der Waals surface area (Å²) in [5.41, 5.74) is 3.95. The summed E-state index contributed by atoms with van der Waals surface area (Å²) in [4.78, 5) is 2.87. The molecule has 2 bridgehead atoms. The number of hydrogen-bond donors (Lipinski definition) is 2. The van der Waals surface area contributed by atoms with E-state index in [1.807, 2.05) is 36.4 Å². The summed E-state index contributed by atoms with van der Waals surface area (Å²) in [5, 5.41) is 9.52. The summed E-state index contributed by atoms with van der Waals surface area (Å²) in [6, 6.07) is 24.1. The maximum Gasteiger partial charge on any atom is 0.261 e. The summed E-state index contributed by atoms with van der Waals surface area (Å²) >= 11 is 0. The molecule has 2 heterocycles. The normalized spacial score (nSPS) is 29.3. The molecular weight excluding hydrogens is 548 g/mol. The SMILES string of the molecule is CC1(C)CC2CC(C)(CN2CC2CC(c3ccc(CO)cc3)OC(c3ccc(NS(=O)(=O)c4ccccc4)cc3)O2)C1. The molecule has 2 aliphatic heterocycles. The number of likely N-dealkylation sites (tertiary alicyclic amines) is 1. The summed E-state index contributed by atoms with van der Waals surface area (Å²) < 4.78 is 41.4. The molecule has 2 N–H and O–H groups in total. The number of fused-ring (bicyclic) bond motifs is 2. The van der Waals surface area contributed by atoms with Crippen LogP contribution < -0.4 is 4.72 Å². The van der Waals surface area contributed by atoms with Crippen LogP contribution in [-0.2, 0) is 26.1 Å². The molecule has 224 valence electrons. The minimum absolute atomic E-state index is 0.00596. The minimum atomic E-state index is -3.68. The van der Waals surface area contributed by atoms with Crippen LogP contribution in [0.5, 0.6) is 0 Å². The second-order valence-electron chi connectivity index (χ2n) is 13.5. The Bertz CT molecular complexity index is 1480. The summed E-state index contributed by atoms with van der Waals surface area (Å²) in [6.07, 6.45) is 3.69. The highest BCUT2D eigenvalue weighted by Gasteiger charge is 2.50. The van der Waals surface area contributed by atoms with Gasteiger partial charge in [0.15, 0.2) is 6.29 Å². The highest BCUT2D eigenvalue weighted by molar-refractivity contribution is 7.92. The van der Waals surface area contributed by atoms with Gasteiger partial charge in [-0.3, -0.25) is 9.62 Å².